The van der Waals surface area contributed by atoms with Crippen LogP contribution >= 0.6 is 0 Å². The Morgan fingerprint density at radius 1 is 1.10 bits per heavy atom. The number of hydrogen-bond acceptors (Lipinski definition) is 2. The van der Waals surface area contributed by atoms with E-state index in [1.54, 1.807) is 4.57 Å². The zero-order valence-corrected chi connectivity index (χ0v) is 11.1. The summed E-state index contributed by atoms with van der Waals surface area (Å²) >= 11 is 0. The topological polar surface area (TPSA) is 43.8 Å². The first kappa shape index (κ1) is 12.3. The zero-order chi connectivity index (χ0) is 14.6. The van der Waals surface area contributed by atoms with Gasteiger partial charge in [-0.15, -0.1) is 0 Å². The van der Waals surface area contributed by atoms with Crippen molar-refractivity contribution in [2.75, 3.05) is 5.73 Å². The van der Waals surface area contributed by atoms with Crippen molar-refractivity contribution < 1.29 is 8.78 Å². The number of fused-ring (bicyclic) bond motifs is 1. The third-order valence-corrected chi connectivity index (χ3v) is 4.09. The molecule has 3 aromatic rings. The molecule has 2 unspecified atom stereocenters. The number of nitrogens with zero attached hydrogens (tertiary/aromatic N) is 2. The lowest BCUT2D eigenvalue weighted by Gasteiger charge is -2.07. The second-order valence-corrected chi connectivity index (χ2v) is 5.39. The van der Waals surface area contributed by atoms with E-state index in [0.29, 0.717) is 5.52 Å². The van der Waals surface area contributed by atoms with Gasteiger partial charge in [-0.05, 0) is 24.1 Å². The Morgan fingerprint density at radius 2 is 1.86 bits per heavy atom. The lowest BCUT2D eigenvalue weighted by molar-refractivity contribution is 0.511. The first-order valence-electron chi connectivity index (χ1n) is 6.83. The van der Waals surface area contributed by atoms with Gasteiger partial charge in [-0.3, -0.25) is 0 Å². The predicted octanol–water partition coefficient (Wildman–Crippen LogP) is 3.63. The molecule has 1 aliphatic carbocycles. The van der Waals surface area contributed by atoms with Crippen molar-refractivity contribution in [2.45, 2.75) is 18.4 Å². The van der Waals surface area contributed by atoms with E-state index >= 15 is 0 Å². The molecule has 3 nitrogen and oxygen atoms in total. The van der Waals surface area contributed by atoms with Gasteiger partial charge >= 0.3 is 0 Å². The summed E-state index contributed by atoms with van der Waals surface area (Å²) in [6.07, 6.45) is 0.857. The Kier molecular flexibility index (Phi) is 2.51. The summed E-state index contributed by atoms with van der Waals surface area (Å²) in [5, 5.41) is 0. The summed E-state index contributed by atoms with van der Waals surface area (Å²) in [5.74, 6) is -1.25. The van der Waals surface area contributed by atoms with Gasteiger partial charge in [0.2, 0.25) is 5.95 Å². The molecule has 2 N–H and O–H groups in total. The smallest absolute Gasteiger partial charge is 0.201 e. The second-order valence-electron chi connectivity index (χ2n) is 5.39. The molecule has 1 saturated carbocycles. The van der Waals surface area contributed by atoms with Crippen LogP contribution in [0.5, 0.6) is 0 Å². The van der Waals surface area contributed by atoms with E-state index < -0.39 is 11.6 Å². The minimum atomic E-state index is -0.879. The number of benzene rings is 2. The maximum absolute atomic E-state index is 14.1. The molecule has 4 rings (SSSR count). The molecular formula is C16H13F2N3. The Hall–Kier alpha value is -2.43. The van der Waals surface area contributed by atoms with Crippen LogP contribution in [0.3, 0.4) is 0 Å². The summed E-state index contributed by atoms with van der Waals surface area (Å²) in [7, 11) is 0. The maximum atomic E-state index is 14.1. The minimum Gasteiger partial charge on any atom is -0.369 e. The van der Waals surface area contributed by atoms with Crippen LogP contribution in [0.25, 0.3) is 11.0 Å². The van der Waals surface area contributed by atoms with Crippen molar-refractivity contribution in [3.63, 3.8) is 0 Å². The molecule has 1 aromatic heterocycles. The molecule has 0 bridgehead atoms. The summed E-state index contributed by atoms with van der Waals surface area (Å²) < 4.78 is 29.2. The highest BCUT2D eigenvalue weighted by molar-refractivity contribution is 5.79. The van der Waals surface area contributed by atoms with Gasteiger partial charge in [0.15, 0.2) is 11.6 Å². The Bertz CT molecular complexity index is 826. The van der Waals surface area contributed by atoms with Crippen LogP contribution in [0.4, 0.5) is 14.7 Å². The van der Waals surface area contributed by atoms with Crippen LogP contribution in [0, 0.1) is 11.6 Å². The molecule has 0 aliphatic heterocycles. The highest BCUT2D eigenvalue weighted by Crippen LogP contribution is 2.53. The van der Waals surface area contributed by atoms with Crippen LogP contribution in [0.15, 0.2) is 42.5 Å². The van der Waals surface area contributed by atoms with Crippen LogP contribution < -0.4 is 5.73 Å². The van der Waals surface area contributed by atoms with Crippen molar-refractivity contribution in [3.8, 4) is 0 Å². The molecule has 1 aliphatic rings. The lowest BCUT2D eigenvalue weighted by atomic mass is 10.1. The fourth-order valence-electron chi connectivity index (χ4n) is 3.00. The number of halogens is 2. The number of aromatic nitrogens is 2. The highest BCUT2D eigenvalue weighted by Gasteiger charge is 2.42. The van der Waals surface area contributed by atoms with E-state index in [1.165, 1.54) is 11.6 Å². The van der Waals surface area contributed by atoms with Crippen LogP contribution in [-0.4, -0.2) is 9.55 Å². The van der Waals surface area contributed by atoms with E-state index in [0.717, 1.165) is 12.5 Å². The van der Waals surface area contributed by atoms with Crippen LogP contribution in [0.1, 0.15) is 23.9 Å². The van der Waals surface area contributed by atoms with Gasteiger partial charge in [0, 0.05) is 12.0 Å². The standard InChI is InChI=1S/C16H13F2N3/c17-11-6-7-12-15(14(11)18)21(16(19)20-12)13-8-10(13)9-4-2-1-3-5-9/h1-7,10,13H,8H2,(H2,19,20). The van der Waals surface area contributed by atoms with Gasteiger partial charge < -0.3 is 10.3 Å². The largest absolute Gasteiger partial charge is 0.369 e. The average Bonchev–Trinajstić information content (AvgIpc) is 3.21. The van der Waals surface area contributed by atoms with Gasteiger partial charge in [0.25, 0.3) is 0 Å². The molecular weight excluding hydrogens is 272 g/mol. The average molecular weight is 285 g/mol. The number of nitrogen functional groups attached to an aromatic ring is 1. The number of nitrogens with two attached hydrogens (primary N) is 1. The van der Waals surface area contributed by atoms with E-state index in [1.807, 2.05) is 30.3 Å². The fourth-order valence-corrected chi connectivity index (χ4v) is 3.00. The normalized spacial score (nSPS) is 20.9. The van der Waals surface area contributed by atoms with E-state index in [-0.39, 0.29) is 23.4 Å². The highest BCUT2D eigenvalue weighted by atomic mass is 19.2. The molecule has 106 valence electrons. The number of anilines is 1. The van der Waals surface area contributed by atoms with Crippen LogP contribution in [-0.2, 0) is 0 Å². The van der Waals surface area contributed by atoms with Crippen molar-refractivity contribution in [1.82, 2.24) is 9.55 Å². The Balaban J connectivity index is 1.82. The van der Waals surface area contributed by atoms with Gasteiger partial charge in [0.1, 0.15) is 5.52 Å². The summed E-state index contributed by atoms with van der Waals surface area (Å²) in [6.45, 7) is 0. The fraction of sp³-hybridized carbons (Fsp3) is 0.188. The van der Waals surface area contributed by atoms with Crippen molar-refractivity contribution >= 4 is 17.0 Å². The quantitative estimate of drug-likeness (QED) is 0.781. The monoisotopic (exact) mass is 285 g/mol. The molecule has 1 fully saturated rings. The molecule has 0 radical (unpaired) electrons. The maximum Gasteiger partial charge on any atom is 0.201 e. The van der Waals surface area contributed by atoms with Gasteiger partial charge in [-0.2, -0.15) is 0 Å². The van der Waals surface area contributed by atoms with Gasteiger partial charge in [0.05, 0.1) is 5.52 Å². The van der Waals surface area contributed by atoms with E-state index in [4.69, 9.17) is 5.73 Å². The van der Waals surface area contributed by atoms with Gasteiger partial charge in [-0.1, -0.05) is 30.3 Å². The number of imidazole rings is 1. The minimum absolute atomic E-state index is 0.0358. The third-order valence-electron chi connectivity index (χ3n) is 4.09. The predicted molar refractivity (Wildman–Crippen MR) is 76.9 cm³/mol. The molecule has 0 spiro atoms. The molecule has 0 saturated heterocycles. The first-order valence-corrected chi connectivity index (χ1v) is 6.83. The van der Waals surface area contributed by atoms with Gasteiger partial charge in [-0.25, -0.2) is 13.8 Å². The molecule has 2 atom stereocenters. The van der Waals surface area contributed by atoms with Crippen molar-refractivity contribution in [3.05, 3.63) is 59.7 Å². The summed E-state index contributed by atoms with van der Waals surface area (Å²) in [4.78, 5) is 4.14. The number of rotatable bonds is 2. The molecule has 21 heavy (non-hydrogen) atoms. The Morgan fingerprint density at radius 3 is 2.62 bits per heavy atom. The molecule has 5 heteroatoms. The second kappa shape index (κ2) is 4.28. The molecule has 0 amide bonds. The SMILES string of the molecule is Nc1nc2ccc(F)c(F)c2n1C1CC1c1ccccc1. The summed E-state index contributed by atoms with van der Waals surface area (Å²) in [5.41, 5.74) is 7.65. The van der Waals surface area contributed by atoms with E-state index in [2.05, 4.69) is 4.98 Å². The lowest BCUT2D eigenvalue weighted by Crippen LogP contribution is -2.03. The van der Waals surface area contributed by atoms with Crippen molar-refractivity contribution in [2.24, 2.45) is 0 Å². The Labute approximate surface area is 120 Å². The molecule has 2 aromatic carbocycles. The summed E-state index contributed by atoms with van der Waals surface area (Å²) in [6, 6.07) is 12.6. The zero-order valence-electron chi connectivity index (χ0n) is 11.1. The third kappa shape index (κ3) is 1.81. The number of hydrogen-bond donors (Lipinski definition) is 1. The molecule has 1 heterocycles. The first-order chi connectivity index (χ1) is 10.2. The van der Waals surface area contributed by atoms with Crippen molar-refractivity contribution in [1.29, 1.82) is 0 Å². The van der Waals surface area contributed by atoms with E-state index in [9.17, 15) is 8.78 Å². The van der Waals surface area contributed by atoms with Crippen LogP contribution in [0.2, 0.25) is 0 Å².